The summed E-state index contributed by atoms with van der Waals surface area (Å²) in [4.78, 5) is 2.65. The summed E-state index contributed by atoms with van der Waals surface area (Å²) in [5, 5.41) is 1.17. The van der Waals surface area contributed by atoms with E-state index in [9.17, 15) is 0 Å². The zero-order chi connectivity index (χ0) is 9.36. The normalized spacial score (nSPS) is 21.0. The van der Waals surface area contributed by atoms with Gasteiger partial charge in [-0.3, -0.25) is 0 Å². The molecule has 0 aromatic heterocycles. The van der Waals surface area contributed by atoms with Crippen LogP contribution in [-0.4, -0.2) is 29.9 Å². The highest BCUT2D eigenvalue weighted by Crippen LogP contribution is 2.11. The van der Waals surface area contributed by atoms with Crippen molar-refractivity contribution in [1.82, 2.24) is 4.90 Å². The molecule has 2 heteroatoms. The summed E-state index contributed by atoms with van der Waals surface area (Å²) in [6, 6.07) is 0. The van der Waals surface area contributed by atoms with Gasteiger partial charge in [0, 0.05) is 5.33 Å². The molecule has 78 valence electrons. The van der Waals surface area contributed by atoms with Crippen LogP contribution in [0.15, 0.2) is 0 Å². The molecule has 0 amide bonds. The molecule has 0 atom stereocenters. The van der Waals surface area contributed by atoms with Crippen LogP contribution in [0, 0.1) is 0 Å². The molecule has 1 aliphatic rings. The standard InChI is InChI=1S/C11H22BrN/c12-8-4-7-11-13-9-5-2-1-3-6-10-13/h1-11H2. The highest BCUT2D eigenvalue weighted by molar-refractivity contribution is 9.09. The third-order valence-electron chi connectivity index (χ3n) is 2.81. The molecule has 0 radical (unpaired) electrons. The maximum absolute atomic E-state index is 3.48. The number of alkyl halides is 1. The number of nitrogens with zero attached hydrogens (tertiary/aromatic N) is 1. The van der Waals surface area contributed by atoms with Crippen LogP contribution < -0.4 is 0 Å². The molecule has 1 rings (SSSR count). The van der Waals surface area contributed by atoms with Crippen molar-refractivity contribution in [3.8, 4) is 0 Å². The van der Waals surface area contributed by atoms with E-state index in [1.54, 1.807) is 0 Å². The molecule has 0 N–H and O–H groups in total. The van der Waals surface area contributed by atoms with Gasteiger partial charge in [0.2, 0.25) is 0 Å². The number of hydrogen-bond acceptors (Lipinski definition) is 1. The van der Waals surface area contributed by atoms with Gasteiger partial charge >= 0.3 is 0 Å². The van der Waals surface area contributed by atoms with Gasteiger partial charge in [0.15, 0.2) is 0 Å². The molecule has 13 heavy (non-hydrogen) atoms. The number of hydrogen-bond donors (Lipinski definition) is 0. The second-order valence-corrected chi connectivity index (χ2v) is 4.80. The van der Waals surface area contributed by atoms with Crippen molar-refractivity contribution in [2.45, 2.75) is 44.9 Å². The minimum atomic E-state index is 1.17. The van der Waals surface area contributed by atoms with Crippen LogP contribution in [0.2, 0.25) is 0 Å². The average molecular weight is 248 g/mol. The van der Waals surface area contributed by atoms with Crippen molar-refractivity contribution in [3.63, 3.8) is 0 Å². The molecule has 0 spiro atoms. The number of rotatable bonds is 4. The van der Waals surface area contributed by atoms with E-state index in [-0.39, 0.29) is 0 Å². The minimum Gasteiger partial charge on any atom is -0.303 e. The second kappa shape index (κ2) is 7.81. The summed E-state index contributed by atoms with van der Waals surface area (Å²) in [5.41, 5.74) is 0. The van der Waals surface area contributed by atoms with Crippen LogP contribution in [0.1, 0.15) is 44.9 Å². The van der Waals surface area contributed by atoms with Crippen LogP contribution in [-0.2, 0) is 0 Å². The Morgan fingerprint density at radius 2 is 1.46 bits per heavy atom. The first-order chi connectivity index (χ1) is 6.43. The predicted molar refractivity (Wildman–Crippen MR) is 62.6 cm³/mol. The van der Waals surface area contributed by atoms with Crippen LogP contribution in [0.5, 0.6) is 0 Å². The maximum atomic E-state index is 3.48. The maximum Gasteiger partial charge on any atom is 0.00317 e. The molecule has 0 saturated carbocycles. The molecule has 0 unspecified atom stereocenters. The Bertz CT molecular complexity index is 109. The van der Waals surface area contributed by atoms with Gasteiger partial charge in [-0.15, -0.1) is 0 Å². The van der Waals surface area contributed by atoms with Crippen LogP contribution >= 0.6 is 15.9 Å². The summed E-state index contributed by atoms with van der Waals surface area (Å²) in [7, 11) is 0. The zero-order valence-corrected chi connectivity index (χ0v) is 10.2. The highest BCUT2D eigenvalue weighted by atomic mass is 79.9. The lowest BCUT2D eigenvalue weighted by Crippen LogP contribution is -2.28. The summed E-state index contributed by atoms with van der Waals surface area (Å²) >= 11 is 3.48. The molecule has 1 saturated heterocycles. The van der Waals surface area contributed by atoms with E-state index in [1.807, 2.05) is 0 Å². The fourth-order valence-corrected chi connectivity index (χ4v) is 2.36. The molecule has 1 nitrogen and oxygen atoms in total. The van der Waals surface area contributed by atoms with E-state index >= 15 is 0 Å². The molecule has 0 bridgehead atoms. The molecule has 1 aliphatic heterocycles. The average Bonchev–Trinajstić information content (AvgIpc) is 2.08. The Morgan fingerprint density at radius 3 is 2.08 bits per heavy atom. The molecule has 0 aliphatic carbocycles. The predicted octanol–water partition coefficient (Wildman–Crippen LogP) is 3.43. The number of likely N-dealkylation sites (tertiary alicyclic amines) is 1. The van der Waals surface area contributed by atoms with Gasteiger partial charge < -0.3 is 4.90 Å². The molecular weight excluding hydrogens is 226 g/mol. The third kappa shape index (κ3) is 5.69. The zero-order valence-electron chi connectivity index (χ0n) is 8.60. The van der Waals surface area contributed by atoms with E-state index in [2.05, 4.69) is 20.8 Å². The molecule has 1 heterocycles. The smallest absolute Gasteiger partial charge is 0.00317 e. The van der Waals surface area contributed by atoms with Gasteiger partial charge in [0.05, 0.1) is 0 Å². The van der Waals surface area contributed by atoms with Crippen LogP contribution in [0.25, 0.3) is 0 Å². The van der Waals surface area contributed by atoms with Crippen molar-refractivity contribution in [3.05, 3.63) is 0 Å². The molecular formula is C11H22BrN. The van der Waals surface area contributed by atoms with Gasteiger partial charge in [-0.25, -0.2) is 0 Å². The lowest BCUT2D eigenvalue weighted by atomic mass is 10.1. The number of halogens is 1. The quantitative estimate of drug-likeness (QED) is 0.544. The Labute approximate surface area is 91.0 Å². The molecule has 0 aromatic carbocycles. The Kier molecular flexibility index (Phi) is 6.92. The minimum absolute atomic E-state index is 1.17. The fourth-order valence-electron chi connectivity index (χ4n) is 1.97. The van der Waals surface area contributed by atoms with Gasteiger partial charge in [-0.1, -0.05) is 35.2 Å². The van der Waals surface area contributed by atoms with Gasteiger partial charge in [0.25, 0.3) is 0 Å². The Hall–Kier alpha value is 0.440. The summed E-state index contributed by atoms with van der Waals surface area (Å²) in [6.07, 6.45) is 9.92. The second-order valence-electron chi connectivity index (χ2n) is 4.01. The van der Waals surface area contributed by atoms with Crippen molar-refractivity contribution < 1.29 is 0 Å². The number of unbranched alkanes of at least 4 members (excludes halogenated alkanes) is 1. The van der Waals surface area contributed by atoms with E-state index in [1.165, 1.54) is 69.9 Å². The first-order valence-electron chi connectivity index (χ1n) is 5.72. The fraction of sp³-hybridized carbons (Fsp3) is 1.00. The first-order valence-corrected chi connectivity index (χ1v) is 6.84. The molecule has 1 fully saturated rings. The lowest BCUT2D eigenvalue weighted by Gasteiger charge is -2.24. The van der Waals surface area contributed by atoms with E-state index in [4.69, 9.17) is 0 Å². The summed E-state index contributed by atoms with van der Waals surface area (Å²) in [5.74, 6) is 0. The first kappa shape index (κ1) is 11.5. The topological polar surface area (TPSA) is 3.24 Å². The van der Waals surface area contributed by atoms with Gasteiger partial charge in [-0.2, -0.15) is 0 Å². The SMILES string of the molecule is BrCCCCN1CCCCCCC1. The molecule has 0 aromatic rings. The monoisotopic (exact) mass is 247 g/mol. The van der Waals surface area contributed by atoms with E-state index in [0.717, 1.165) is 0 Å². The summed E-state index contributed by atoms with van der Waals surface area (Å²) in [6.45, 7) is 4.02. The summed E-state index contributed by atoms with van der Waals surface area (Å²) < 4.78 is 0. The van der Waals surface area contributed by atoms with Crippen LogP contribution in [0.4, 0.5) is 0 Å². The van der Waals surface area contributed by atoms with Gasteiger partial charge in [-0.05, 0) is 45.3 Å². The lowest BCUT2D eigenvalue weighted by molar-refractivity contribution is 0.244. The van der Waals surface area contributed by atoms with Crippen molar-refractivity contribution in [2.24, 2.45) is 0 Å². The van der Waals surface area contributed by atoms with Crippen LogP contribution in [0.3, 0.4) is 0 Å². The Morgan fingerprint density at radius 1 is 0.846 bits per heavy atom. The van der Waals surface area contributed by atoms with E-state index < -0.39 is 0 Å². The Balaban J connectivity index is 2.06. The third-order valence-corrected chi connectivity index (χ3v) is 3.37. The highest BCUT2D eigenvalue weighted by Gasteiger charge is 2.06. The van der Waals surface area contributed by atoms with Gasteiger partial charge in [0.1, 0.15) is 0 Å². The van der Waals surface area contributed by atoms with E-state index in [0.29, 0.717) is 0 Å². The van der Waals surface area contributed by atoms with Crippen molar-refractivity contribution in [1.29, 1.82) is 0 Å². The largest absolute Gasteiger partial charge is 0.303 e. The van der Waals surface area contributed by atoms with Crippen molar-refractivity contribution in [2.75, 3.05) is 25.0 Å². The van der Waals surface area contributed by atoms with Crippen molar-refractivity contribution >= 4 is 15.9 Å².